The molecule has 0 aliphatic rings. The van der Waals surface area contributed by atoms with Crippen LogP contribution in [0.2, 0.25) is 0 Å². The Hall–Kier alpha value is -2.51. The second kappa shape index (κ2) is 5.64. The zero-order chi connectivity index (χ0) is 14.7. The third-order valence-electron chi connectivity index (χ3n) is 2.68. The summed E-state index contributed by atoms with van der Waals surface area (Å²) in [6.07, 6.45) is 1.34. The van der Waals surface area contributed by atoms with Gasteiger partial charge in [0.05, 0.1) is 25.0 Å². The maximum Gasteiger partial charge on any atom is 0.341 e. The van der Waals surface area contributed by atoms with E-state index < -0.39 is 11.9 Å². The van der Waals surface area contributed by atoms with Crippen molar-refractivity contribution in [3.63, 3.8) is 0 Å². The van der Waals surface area contributed by atoms with Crippen LogP contribution in [-0.4, -0.2) is 45.2 Å². The van der Waals surface area contributed by atoms with Gasteiger partial charge in [-0.1, -0.05) is 0 Å². The molecule has 20 heavy (non-hydrogen) atoms. The van der Waals surface area contributed by atoms with E-state index in [0.29, 0.717) is 17.0 Å². The van der Waals surface area contributed by atoms with Crippen LogP contribution in [0.5, 0.6) is 0 Å². The summed E-state index contributed by atoms with van der Waals surface area (Å²) in [5, 5.41) is 4.14. The van der Waals surface area contributed by atoms with Crippen LogP contribution in [0, 0.1) is 6.92 Å². The fourth-order valence-electron chi connectivity index (χ4n) is 1.67. The lowest BCUT2D eigenvalue weighted by Crippen LogP contribution is -2.11. The highest BCUT2D eigenvalue weighted by Crippen LogP contribution is 2.10. The molecular formula is C12H14N4O4. The van der Waals surface area contributed by atoms with Gasteiger partial charge in [0.15, 0.2) is 5.82 Å². The average Bonchev–Trinajstić information content (AvgIpc) is 2.82. The number of rotatable bonds is 4. The molecule has 0 bridgehead atoms. The molecule has 0 fully saturated rings. The first kappa shape index (κ1) is 13.9. The van der Waals surface area contributed by atoms with Crippen molar-refractivity contribution in [2.45, 2.75) is 20.3 Å². The van der Waals surface area contributed by atoms with Crippen molar-refractivity contribution in [2.24, 2.45) is 0 Å². The number of fused-ring (bicyclic) bond motifs is 1. The van der Waals surface area contributed by atoms with Gasteiger partial charge in [0, 0.05) is 6.20 Å². The summed E-state index contributed by atoms with van der Waals surface area (Å²) in [6.45, 7) is 3.71. The summed E-state index contributed by atoms with van der Waals surface area (Å²) >= 11 is 0. The van der Waals surface area contributed by atoms with Crippen LogP contribution < -0.4 is 0 Å². The number of aryl methyl sites for hydroxylation is 1. The molecular weight excluding hydrogens is 264 g/mol. The molecule has 0 saturated carbocycles. The van der Waals surface area contributed by atoms with E-state index in [2.05, 4.69) is 19.8 Å². The van der Waals surface area contributed by atoms with E-state index in [4.69, 9.17) is 4.74 Å². The molecule has 0 aromatic carbocycles. The highest BCUT2D eigenvalue weighted by Gasteiger charge is 2.17. The number of esters is 2. The fourth-order valence-corrected chi connectivity index (χ4v) is 1.67. The van der Waals surface area contributed by atoms with Gasteiger partial charge in [0.2, 0.25) is 0 Å². The molecule has 0 saturated heterocycles. The minimum absolute atomic E-state index is 0.0476. The standard InChI is InChI=1S/C12H14N4O4/c1-4-20-11(18)8-6-13-12-14-9(5-10(17)19-3)15-16(12)7(8)2/h6H,4-5H2,1-3H3. The summed E-state index contributed by atoms with van der Waals surface area (Å²) in [6, 6.07) is 0. The van der Waals surface area contributed by atoms with E-state index in [-0.39, 0.29) is 18.9 Å². The van der Waals surface area contributed by atoms with Crippen molar-refractivity contribution >= 4 is 17.7 Å². The minimum atomic E-state index is -0.468. The van der Waals surface area contributed by atoms with E-state index >= 15 is 0 Å². The van der Waals surface area contributed by atoms with Gasteiger partial charge in [-0.3, -0.25) is 4.79 Å². The van der Waals surface area contributed by atoms with Crippen LogP contribution in [0.15, 0.2) is 6.20 Å². The Bertz CT molecular complexity index is 665. The zero-order valence-corrected chi connectivity index (χ0v) is 11.4. The van der Waals surface area contributed by atoms with Crippen molar-refractivity contribution in [2.75, 3.05) is 13.7 Å². The number of ether oxygens (including phenoxy) is 2. The highest BCUT2D eigenvalue weighted by molar-refractivity contribution is 5.90. The number of aromatic nitrogens is 4. The smallest absolute Gasteiger partial charge is 0.341 e. The average molecular weight is 278 g/mol. The van der Waals surface area contributed by atoms with Crippen molar-refractivity contribution in [3.05, 3.63) is 23.3 Å². The van der Waals surface area contributed by atoms with E-state index in [1.54, 1.807) is 13.8 Å². The highest BCUT2D eigenvalue weighted by atomic mass is 16.5. The fraction of sp³-hybridized carbons (Fsp3) is 0.417. The van der Waals surface area contributed by atoms with E-state index in [1.807, 2.05) is 0 Å². The van der Waals surface area contributed by atoms with Crippen LogP contribution in [0.1, 0.15) is 28.8 Å². The first-order valence-electron chi connectivity index (χ1n) is 6.02. The predicted octanol–water partition coefficient (Wildman–Crippen LogP) is 0.325. The van der Waals surface area contributed by atoms with Crippen molar-refractivity contribution in [1.82, 2.24) is 19.6 Å². The summed E-state index contributed by atoms with van der Waals surface area (Å²) in [5.41, 5.74) is 0.867. The molecule has 0 aliphatic carbocycles. The van der Waals surface area contributed by atoms with Gasteiger partial charge in [0.25, 0.3) is 5.78 Å². The Morgan fingerprint density at radius 3 is 2.80 bits per heavy atom. The van der Waals surface area contributed by atoms with Crippen LogP contribution in [-0.2, 0) is 20.7 Å². The van der Waals surface area contributed by atoms with E-state index in [0.717, 1.165) is 0 Å². The third-order valence-corrected chi connectivity index (χ3v) is 2.68. The summed E-state index contributed by atoms with van der Waals surface area (Å²) in [5.74, 6) is -0.309. The summed E-state index contributed by atoms with van der Waals surface area (Å²) in [4.78, 5) is 31.1. The molecule has 2 aromatic rings. The van der Waals surface area contributed by atoms with Crippen molar-refractivity contribution < 1.29 is 19.1 Å². The Morgan fingerprint density at radius 2 is 2.15 bits per heavy atom. The molecule has 2 heterocycles. The molecule has 2 rings (SSSR count). The maximum absolute atomic E-state index is 11.7. The third kappa shape index (κ3) is 2.58. The van der Waals surface area contributed by atoms with Gasteiger partial charge in [-0.05, 0) is 13.8 Å². The van der Waals surface area contributed by atoms with Gasteiger partial charge in [-0.25, -0.2) is 14.3 Å². The molecule has 2 aromatic heterocycles. The molecule has 8 heteroatoms. The van der Waals surface area contributed by atoms with Gasteiger partial charge in [-0.2, -0.15) is 4.98 Å². The Balaban J connectivity index is 2.40. The number of methoxy groups -OCH3 is 1. The lowest BCUT2D eigenvalue weighted by molar-refractivity contribution is -0.139. The Morgan fingerprint density at radius 1 is 1.40 bits per heavy atom. The molecule has 0 amide bonds. The zero-order valence-electron chi connectivity index (χ0n) is 11.4. The number of hydrogen-bond acceptors (Lipinski definition) is 7. The molecule has 106 valence electrons. The Kier molecular flexibility index (Phi) is 3.92. The second-order valence-corrected chi connectivity index (χ2v) is 3.97. The molecule has 0 aliphatic heterocycles. The first-order valence-corrected chi connectivity index (χ1v) is 6.02. The maximum atomic E-state index is 11.7. The summed E-state index contributed by atoms with van der Waals surface area (Å²) in [7, 11) is 1.29. The van der Waals surface area contributed by atoms with Crippen LogP contribution in [0.4, 0.5) is 0 Å². The topological polar surface area (TPSA) is 95.7 Å². The van der Waals surface area contributed by atoms with E-state index in [9.17, 15) is 9.59 Å². The number of carbonyl (C=O) groups is 2. The predicted molar refractivity (Wildman–Crippen MR) is 67.2 cm³/mol. The SMILES string of the molecule is CCOC(=O)c1cnc2nc(CC(=O)OC)nn2c1C. The minimum Gasteiger partial charge on any atom is -0.469 e. The van der Waals surface area contributed by atoms with Crippen LogP contribution >= 0.6 is 0 Å². The lowest BCUT2D eigenvalue weighted by atomic mass is 10.2. The second-order valence-electron chi connectivity index (χ2n) is 3.97. The van der Waals surface area contributed by atoms with E-state index in [1.165, 1.54) is 17.8 Å². The van der Waals surface area contributed by atoms with Crippen molar-refractivity contribution in [1.29, 1.82) is 0 Å². The molecule has 0 atom stereocenters. The number of nitrogens with zero attached hydrogens (tertiary/aromatic N) is 4. The summed E-state index contributed by atoms with van der Waals surface area (Å²) < 4.78 is 10.9. The monoisotopic (exact) mass is 278 g/mol. The molecule has 0 radical (unpaired) electrons. The molecule has 8 nitrogen and oxygen atoms in total. The number of carbonyl (C=O) groups excluding carboxylic acids is 2. The van der Waals surface area contributed by atoms with Crippen LogP contribution in [0.25, 0.3) is 5.78 Å². The number of hydrogen-bond donors (Lipinski definition) is 0. The molecule has 0 spiro atoms. The van der Waals surface area contributed by atoms with Gasteiger partial charge in [-0.15, -0.1) is 5.10 Å². The van der Waals surface area contributed by atoms with Crippen LogP contribution in [0.3, 0.4) is 0 Å². The molecule has 0 unspecified atom stereocenters. The van der Waals surface area contributed by atoms with Gasteiger partial charge < -0.3 is 9.47 Å². The normalized spacial score (nSPS) is 10.6. The largest absolute Gasteiger partial charge is 0.469 e. The van der Waals surface area contributed by atoms with Gasteiger partial charge in [0.1, 0.15) is 6.42 Å². The Labute approximate surface area is 114 Å². The first-order chi connectivity index (χ1) is 9.56. The molecule has 0 N–H and O–H groups in total. The van der Waals surface area contributed by atoms with Crippen molar-refractivity contribution in [3.8, 4) is 0 Å². The quantitative estimate of drug-likeness (QED) is 0.743. The lowest BCUT2D eigenvalue weighted by Gasteiger charge is -2.05. The van der Waals surface area contributed by atoms with Gasteiger partial charge >= 0.3 is 11.9 Å².